The normalized spacial score (nSPS) is 12.6. The van der Waals surface area contributed by atoms with Gasteiger partial charge in [0.25, 0.3) is 0 Å². The second-order valence-electron chi connectivity index (χ2n) is 14.8. The van der Waals surface area contributed by atoms with Gasteiger partial charge in [-0.05, 0) is 0 Å². The van der Waals surface area contributed by atoms with Gasteiger partial charge in [0, 0.05) is 0 Å². The molecule has 0 unspecified atom stereocenters. The van der Waals surface area contributed by atoms with Crippen molar-refractivity contribution in [3.8, 4) is 55.6 Å². The molecule has 0 radical (unpaired) electrons. The molecule has 252 valence electrons. The zero-order valence-electron chi connectivity index (χ0n) is 30.1. The third-order valence-corrected chi connectivity index (χ3v) is 18.1. The van der Waals surface area contributed by atoms with Gasteiger partial charge >= 0.3 is 332 Å². The van der Waals surface area contributed by atoms with E-state index in [1.165, 1.54) is 103 Å². The summed E-state index contributed by atoms with van der Waals surface area (Å²) in [5, 5.41) is 10.4. The molecule has 0 spiro atoms. The van der Waals surface area contributed by atoms with Crippen LogP contribution in [0.15, 0.2) is 188 Å². The van der Waals surface area contributed by atoms with Crippen LogP contribution in [-0.2, 0) is 0 Å². The summed E-state index contributed by atoms with van der Waals surface area (Å²) in [6, 6.07) is 71.1. The van der Waals surface area contributed by atoms with Crippen molar-refractivity contribution in [1.82, 2.24) is 0 Å². The van der Waals surface area contributed by atoms with Gasteiger partial charge in [-0.25, -0.2) is 0 Å². The van der Waals surface area contributed by atoms with Crippen molar-refractivity contribution >= 4 is 88.2 Å². The summed E-state index contributed by atoms with van der Waals surface area (Å²) in [7, 11) is 0. The molecule has 11 rings (SSSR count). The van der Waals surface area contributed by atoms with E-state index in [-0.39, 0.29) is 0 Å². The Labute approximate surface area is 329 Å². The third-order valence-electron chi connectivity index (χ3n) is 11.8. The molecule has 0 atom stereocenters. The Morgan fingerprint density at radius 2 is 0.852 bits per heavy atom. The fraction of sp³-hybridized carbons (Fsp3) is 0. The average molecular weight is 806 g/mol. The molecule has 0 aromatic heterocycles. The first kappa shape index (κ1) is 31.8. The zero-order valence-corrected chi connectivity index (χ0v) is 37.3. The monoisotopic (exact) mass is 808 g/mol. The molecule has 0 fully saturated rings. The summed E-state index contributed by atoms with van der Waals surface area (Å²) in [6.07, 6.45) is 0. The molecule has 54 heavy (non-hydrogen) atoms. The second kappa shape index (κ2) is 12.7. The summed E-state index contributed by atoms with van der Waals surface area (Å²) in [4.78, 5) is 0. The molecular formula is C52H36Ge2. The minimum absolute atomic E-state index is 0.592. The van der Waals surface area contributed by atoms with Crippen molar-refractivity contribution in [3.05, 3.63) is 188 Å². The topological polar surface area (TPSA) is 0 Å². The molecule has 2 heteroatoms. The van der Waals surface area contributed by atoms with Crippen LogP contribution in [0.1, 0.15) is 0 Å². The fourth-order valence-corrected chi connectivity index (χ4v) is 15.2. The van der Waals surface area contributed by atoms with E-state index in [1.54, 1.807) is 8.79 Å². The van der Waals surface area contributed by atoms with Crippen LogP contribution in [0.3, 0.4) is 0 Å². The van der Waals surface area contributed by atoms with E-state index < -0.39 is 15.4 Å². The predicted octanol–water partition coefficient (Wildman–Crippen LogP) is 10.1. The number of benzene rings is 10. The Bertz CT molecular complexity index is 3150. The van der Waals surface area contributed by atoms with E-state index in [9.17, 15) is 0 Å². The van der Waals surface area contributed by atoms with Crippen molar-refractivity contribution in [3.63, 3.8) is 0 Å². The molecular weight excluding hydrogens is 770 g/mol. The first-order valence-corrected chi connectivity index (χ1v) is 24.0. The van der Waals surface area contributed by atoms with E-state index >= 15 is 0 Å². The Hall–Kier alpha value is -5.67. The van der Waals surface area contributed by atoms with Crippen LogP contribution in [0.2, 0.25) is 0 Å². The summed E-state index contributed by atoms with van der Waals surface area (Å²) < 4.78 is 4.69. The Balaban J connectivity index is 1.26. The van der Waals surface area contributed by atoms with Crippen LogP contribution in [0.4, 0.5) is 0 Å². The molecule has 0 amide bonds. The van der Waals surface area contributed by atoms with E-state index in [0.29, 0.717) is 16.5 Å². The predicted molar refractivity (Wildman–Crippen MR) is 241 cm³/mol. The molecule has 0 saturated carbocycles. The first-order valence-electron chi connectivity index (χ1n) is 19.0. The molecule has 0 nitrogen and oxygen atoms in total. The van der Waals surface area contributed by atoms with Crippen LogP contribution >= 0.6 is 0 Å². The van der Waals surface area contributed by atoms with Gasteiger partial charge in [0.15, 0.2) is 0 Å². The van der Waals surface area contributed by atoms with Gasteiger partial charge in [-0.2, -0.15) is 0 Å². The van der Waals surface area contributed by atoms with E-state index in [2.05, 4.69) is 188 Å². The first-order chi connectivity index (χ1) is 26.7. The average Bonchev–Trinajstić information content (AvgIpc) is 3.62. The summed E-state index contributed by atoms with van der Waals surface area (Å²) >= 11 is -0.594. The molecule has 1 aliphatic heterocycles. The number of hydrogen-bond donors (Lipinski definition) is 0. The number of fused-ring (bicyclic) bond motifs is 8. The number of rotatable bonds is 4. The van der Waals surface area contributed by atoms with Crippen LogP contribution in [0.5, 0.6) is 0 Å². The molecule has 0 saturated heterocycles. The van der Waals surface area contributed by atoms with E-state index in [0.717, 1.165) is 0 Å². The molecule has 1 aliphatic rings. The molecule has 0 aliphatic carbocycles. The summed E-state index contributed by atoms with van der Waals surface area (Å²) in [5.74, 6) is 0. The molecule has 1 heterocycles. The standard InChI is InChI=1S/C52H36Ge2/c53-49-27-7-5-17-37(49)33-15-9-14-32(29-33)36-21-10-23-42-46(36)31-47-40(44-25-12-26-45-41-20-6-8-28-50(41)54-52(44)45)22-11-24-43(47)51(42)48-30-34-13-1-2-16-35(34)38-18-3-4-19-39(38)48/h1-31H,54H2,53H3. The number of hydrogen-bond acceptors (Lipinski definition) is 0. The maximum atomic E-state index is 2.52. The van der Waals surface area contributed by atoms with Gasteiger partial charge < -0.3 is 0 Å². The zero-order chi connectivity index (χ0) is 35.8. The van der Waals surface area contributed by atoms with Crippen LogP contribution in [-0.4, -0.2) is 31.9 Å². The van der Waals surface area contributed by atoms with Crippen molar-refractivity contribution in [2.75, 3.05) is 0 Å². The van der Waals surface area contributed by atoms with Crippen LogP contribution < -0.4 is 13.2 Å². The van der Waals surface area contributed by atoms with Gasteiger partial charge in [-0.15, -0.1) is 0 Å². The summed E-state index contributed by atoms with van der Waals surface area (Å²) in [5.41, 5.74) is 13.4. The van der Waals surface area contributed by atoms with Crippen molar-refractivity contribution in [1.29, 1.82) is 0 Å². The van der Waals surface area contributed by atoms with Crippen molar-refractivity contribution in [2.45, 2.75) is 0 Å². The quantitative estimate of drug-likeness (QED) is 0.0945. The van der Waals surface area contributed by atoms with Gasteiger partial charge in [-0.1, -0.05) is 0 Å². The van der Waals surface area contributed by atoms with E-state index in [4.69, 9.17) is 0 Å². The SMILES string of the molecule is [GeH3][c]1ccccc1-c1cccc(-c2cccc3c(-c4cc5ccccc5c5ccccc45)c4cccc(-c5cccc6[c]5[GeH2][c]5ccccc5-6)c4cc23)c1. The molecule has 0 N–H and O–H groups in total. The van der Waals surface area contributed by atoms with Crippen molar-refractivity contribution < 1.29 is 0 Å². The second-order valence-corrected chi connectivity index (χ2v) is 20.9. The Morgan fingerprint density at radius 3 is 1.67 bits per heavy atom. The molecule has 10 aromatic rings. The van der Waals surface area contributed by atoms with Crippen LogP contribution in [0, 0.1) is 0 Å². The van der Waals surface area contributed by atoms with Gasteiger partial charge in [0.1, 0.15) is 0 Å². The Kier molecular flexibility index (Phi) is 7.50. The van der Waals surface area contributed by atoms with Gasteiger partial charge in [-0.3, -0.25) is 0 Å². The van der Waals surface area contributed by atoms with Gasteiger partial charge in [0.05, 0.1) is 0 Å². The molecule has 0 bridgehead atoms. The Morgan fingerprint density at radius 1 is 0.315 bits per heavy atom. The third kappa shape index (κ3) is 4.97. The van der Waals surface area contributed by atoms with Crippen molar-refractivity contribution in [2.24, 2.45) is 0 Å². The maximum absolute atomic E-state index is 2.52. The molecule has 10 aromatic carbocycles. The van der Waals surface area contributed by atoms with Crippen LogP contribution in [0.25, 0.3) is 98.7 Å². The fourth-order valence-electron chi connectivity index (χ4n) is 9.37. The van der Waals surface area contributed by atoms with E-state index in [1.807, 2.05) is 0 Å². The summed E-state index contributed by atoms with van der Waals surface area (Å²) in [6.45, 7) is 0. The minimum atomic E-state index is -1.19. The van der Waals surface area contributed by atoms with Gasteiger partial charge in [0.2, 0.25) is 0 Å².